The fourth-order valence-corrected chi connectivity index (χ4v) is 14.0. The van der Waals surface area contributed by atoms with E-state index >= 15 is 0 Å². The summed E-state index contributed by atoms with van der Waals surface area (Å²) in [7, 11) is 0. The van der Waals surface area contributed by atoms with Crippen LogP contribution in [0.4, 0.5) is 0 Å². The van der Waals surface area contributed by atoms with Crippen LogP contribution in [0.1, 0.15) is 25.0 Å². The lowest BCUT2D eigenvalue weighted by molar-refractivity contribution is 0.660. The highest BCUT2D eigenvalue weighted by Crippen LogP contribution is 2.54. The van der Waals surface area contributed by atoms with E-state index in [0.717, 1.165) is 0 Å². The maximum Gasteiger partial charge on any atom is 0.0540 e. The van der Waals surface area contributed by atoms with Gasteiger partial charge in [-0.1, -0.05) is 184 Å². The van der Waals surface area contributed by atoms with Crippen molar-refractivity contribution >= 4 is 106 Å². The summed E-state index contributed by atoms with van der Waals surface area (Å²) in [5.41, 5.74) is 13.0. The van der Waals surface area contributed by atoms with Gasteiger partial charge in [-0.15, -0.1) is 22.7 Å². The highest BCUT2D eigenvalue weighted by atomic mass is 32.1. The van der Waals surface area contributed by atoms with Gasteiger partial charge in [0.2, 0.25) is 0 Å². The summed E-state index contributed by atoms with van der Waals surface area (Å²) in [6.45, 7) is 4.83. The summed E-state index contributed by atoms with van der Waals surface area (Å²) in [6.07, 6.45) is 0. The monoisotopic (exact) mass is 834 g/mol. The summed E-state index contributed by atoms with van der Waals surface area (Å²) in [5, 5.41) is 15.7. The minimum atomic E-state index is -0.174. The van der Waals surface area contributed by atoms with Gasteiger partial charge in [-0.2, -0.15) is 0 Å². The third-order valence-electron chi connectivity index (χ3n) is 14.2. The van der Waals surface area contributed by atoms with Crippen molar-refractivity contribution in [2.24, 2.45) is 0 Å². The number of hydrogen-bond acceptors (Lipinski definition) is 2. The molecule has 13 aromatic rings. The molecule has 0 N–H and O–H groups in total. The second-order valence-electron chi connectivity index (χ2n) is 17.9. The number of benzene rings is 11. The van der Waals surface area contributed by atoms with Crippen molar-refractivity contribution in [2.45, 2.75) is 19.3 Å². The van der Waals surface area contributed by atoms with Crippen LogP contribution in [0.5, 0.6) is 0 Å². The van der Waals surface area contributed by atoms with Crippen molar-refractivity contribution in [3.8, 4) is 44.5 Å². The Morgan fingerprint density at radius 1 is 0.317 bits per heavy atom. The van der Waals surface area contributed by atoms with Gasteiger partial charge in [-0.3, -0.25) is 0 Å². The van der Waals surface area contributed by atoms with Crippen LogP contribution >= 0.6 is 22.7 Å². The molecular weight excluding hydrogens is 797 g/mol. The Hall–Kier alpha value is -7.10. The van der Waals surface area contributed by atoms with E-state index in [9.17, 15) is 0 Å². The molecule has 14 rings (SSSR count). The van der Waals surface area contributed by atoms with Gasteiger partial charge in [0, 0.05) is 36.4 Å². The molecule has 2 aromatic heterocycles. The Balaban J connectivity index is 0.978. The molecular formula is C61H38S2. The lowest BCUT2D eigenvalue weighted by Gasteiger charge is -2.23. The van der Waals surface area contributed by atoms with E-state index < -0.39 is 0 Å². The van der Waals surface area contributed by atoms with Crippen LogP contribution in [0, 0.1) is 0 Å². The average Bonchev–Trinajstić information content (AvgIpc) is 3.98. The summed E-state index contributed by atoms with van der Waals surface area (Å²) in [5.74, 6) is 0. The normalized spacial score (nSPS) is 13.4. The van der Waals surface area contributed by atoms with Gasteiger partial charge in [0.1, 0.15) is 0 Å². The van der Waals surface area contributed by atoms with E-state index in [1.165, 1.54) is 139 Å². The zero-order valence-electron chi connectivity index (χ0n) is 34.8. The highest BCUT2D eigenvalue weighted by Gasteiger charge is 2.36. The summed E-state index contributed by atoms with van der Waals surface area (Å²) < 4.78 is 5.51. The Labute approximate surface area is 372 Å². The lowest BCUT2D eigenvalue weighted by Crippen LogP contribution is -2.15. The van der Waals surface area contributed by atoms with Gasteiger partial charge in [0.15, 0.2) is 0 Å². The number of hydrogen-bond donors (Lipinski definition) is 0. The minimum absolute atomic E-state index is 0.174. The van der Waals surface area contributed by atoms with Crippen molar-refractivity contribution in [2.75, 3.05) is 0 Å². The third-order valence-corrected chi connectivity index (χ3v) is 16.8. The maximum atomic E-state index is 2.51. The molecule has 63 heavy (non-hydrogen) atoms. The van der Waals surface area contributed by atoms with Gasteiger partial charge >= 0.3 is 0 Å². The topological polar surface area (TPSA) is 0 Å². The Bertz CT molecular complexity index is 4060. The number of thiophene rings is 2. The molecule has 2 heteroatoms. The van der Waals surface area contributed by atoms with Crippen LogP contribution in [0.2, 0.25) is 0 Å². The molecule has 0 amide bonds. The van der Waals surface area contributed by atoms with Crippen molar-refractivity contribution in [3.05, 3.63) is 205 Å². The first kappa shape index (κ1) is 35.5. The van der Waals surface area contributed by atoms with Crippen molar-refractivity contribution < 1.29 is 0 Å². The van der Waals surface area contributed by atoms with Gasteiger partial charge in [-0.25, -0.2) is 0 Å². The molecule has 0 saturated heterocycles. The van der Waals surface area contributed by atoms with E-state index in [2.05, 4.69) is 208 Å². The summed E-state index contributed by atoms with van der Waals surface area (Å²) >= 11 is 3.91. The first-order valence-electron chi connectivity index (χ1n) is 21.9. The smallest absolute Gasteiger partial charge is 0.0540 e. The summed E-state index contributed by atoms with van der Waals surface area (Å²) in [6, 6.07) is 73.3. The molecule has 0 spiro atoms. The SMILES string of the molecule is CC1(C)c2ccc(-c3cc4c5ccc6ccccc6c5sc4c4sc5ccccc5c34)cc2-c2ccc(-c3c4ccccc4c(-c4cccc5ccccc45)c4ccccc34)cc21. The fraction of sp³-hybridized carbons (Fsp3) is 0.0492. The Kier molecular flexibility index (Phi) is 7.31. The molecule has 0 unspecified atom stereocenters. The predicted molar refractivity (Wildman–Crippen MR) is 276 cm³/mol. The van der Waals surface area contributed by atoms with Gasteiger partial charge in [-0.05, 0) is 123 Å². The lowest BCUT2D eigenvalue weighted by atomic mass is 9.80. The minimum Gasteiger partial charge on any atom is -0.134 e. The van der Waals surface area contributed by atoms with E-state index in [1.807, 2.05) is 22.7 Å². The van der Waals surface area contributed by atoms with Crippen molar-refractivity contribution in [1.29, 1.82) is 0 Å². The molecule has 1 aliphatic carbocycles. The second kappa shape index (κ2) is 13.0. The molecule has 0 nitrogen and oxygen atoms in total. The average molecular weight is 835 g/mol. The zero-order valence-corrected chi connectivity index (χ0v) is 36.4. The molecule has 0 fully saturated rings. The standard InChI is InChI=1S/C61H38S2/c1-61(2)52-31-28-37(49-34-51-47-30-26-36-15-4-6-18-40(36)58(47)63-59(51)60-57(49)48-23-11-12-25-54(48)62-60)32-50(52)41-29-27-38(33-53(41)61)55-43-19-7-9-21-45(43)56(46-22-10-8-20-44(46)55)42-24-13-16-35-14-3-5-17-39(35)42/h3-34H,1-2H3. The molecule has 0 atom stereocenters. The molecule has 0 bridgehead atoms. The van der Waals surface area contributed by atoms with Crippen LogP contribution in [0.15, 0.2) is 194 Å². The molecule has 2 heterocycles. The van der Waals surface area contributed by atoms with E-state index in [1.54, 1.807) is 0 Å². The predicted octanol–water partition coefficient (Wildman–Crippen LogP) is 18.3. The van der Waals surface area contributed by atoms with Crippen LogP contribution < -0.4 is 0 Å². The molecule has 0 saturated carbocycles. The largest absolute Gasteiger partial charge is 0.134 e. The van der Waals surface area contributed by atoms with Crippen LogP contribution in [0.25, 0.3) is 128 Å². The molecule has 0 aliphatic heterocycles. The molecule has 1 aliphatic rings. The van der Waals surface area contributed by atoms with E-state index in [-0.39, 0.29) is 5.41 Å². The summed E-state index contributed by atoms with van der Waals surface area (Å²) in [4.78, 5) is 0. The first-order chi connectivity index (χ1) is 31.0. The van der Waals surface area contributed by atoms with Crippen LogP contribution in [-0.4, -0.2) is 0 Å². The first-order valence-corrected chi connectivity index (χ1v) is 23.5. The van der Waals surface area contributed by atoms with Crippen molar-refractivity contribution in [1.82, 2.24) is 0 Å². The van der Waals surface area contributed by atoms with Gasteiger partial charge < -0.3 is 0 Å². The Morgan fingerprint density at radius 3 is 1.70 bits per heavy atom. The Morgan fingerprint density at radius 2 is 0.937 bits per heavy atom. The van der Waals surface area contributed by atoms with E-state index in [0.29, 0.717) is 0 Å². The van der Waals surface area contributed by atoms with Gasteiger partial charge in [0.25, 0.3) is 0 Å². The number of fused-ring (bicyclic) bond motifs is 15. The maximum absolute atomic E-state index is 2.51. The second-order valence-corrected chi connectivity index (χ2v) is 20.0. The fourth-order valence-electron chi connectivity index (χ4n) is 11.3. The van der Waals surface area contributed by atoms with Crippen LogP contribution in [0.3, 0.4) is 0 Å². The van der Waals surface area contributed by atoms with Gasteiger partial charge in [0.05, 0.1) is 9.40 Å². The molecule has 0 radical (unpaired) electrons. The third kappa shape index (κ3) is 4.91. The highest BCUT2D eigenvalue weighted by molar-refractivity contribution is 7.34. The zero-order chi connectivity index (χ0) is 41.6. The molecule has 11 aromatic carbocycles. The van der Waals surface area contributed by atoms with Crippen molar-refractivity contribution in [3.63, 3.8) is 0 Å². The van der Waals surface area contributed by atoms with E-state index in [4.69, 9.17) is 0 Å². The number of rotatable bonds is 3. The van der Waals surface area contributed by atoms with Crippen LogP contribution in [-0.2, 0) is 5.41 Å². The molecule has 294 valence electrons. The quantitative estimate of drug-likeness (QED) is 0.156.